The minimum absolute atomic E-state index is 0.268. The van der Waals surface area contributed by atoms with Crippen LogP contribution in [0, 0.1) is 18.6 Å². The first-order chi connectivity index (χ1) is 11.9. The summed E-state index contributed by atoms with van der Waals surface area (Å²) in [7, 11) is 1.75. The second kappa shape index (κ2) is 6.56. The highest BCUT2D eigenvalue weighted by Gasteiger charge is 2.19. The number of halogens is 2. The third-order valence-electron chi connectivity index (χ3n) is 3.91. The second-order valence-electron chi connectivity index (χ2n) is 5.67. The van der Waals surface area contributed by atoms with E-state index in [1.165, 1.54) is 12.3 Å². The van der Waals surface area contributed by atoms with Crippen LogP contribution in [0.25, 0.3) is 11.0 Å². The molecule has 130 valence electrons. The number of aliphatic hydroxyl groups is 1. The summed E-state index contributed by atoms with van der Waals surface area (Å²) < 4.78 is 28.9. The van der Waals surface area contributed by atoms with Gasteiger partial charge < -0.3 is 10.4 Å². The van der Waals surface area contributed by atoms with Gasteiger partial charge in [-0.05, 0) is 25.1 Å². The highest BCUT2D eigenvalue weighted by molar-refractivity contribution is 5.97. The Morgan fingerprint density at radius 1 is 1.36 bits per heavy atom. The van der Waals surface area contributed by atoms with Crippen LogP contribution in [-0.2, 0) is 7.05 Å². The number of hydrogen-bond acceptors (Lipinski definition) is 4. The summed E-state index contributed by atoms with van der Waals surface area (Å²) in [5.41, 5.74) is 1.17. The van der Waals surface area contributed by atoms with Crippen molar-refractivity contribution >= 4 is 16.9 Å². The summed E-state index contributed by atoms with van der Waals surface area (Å²) in [6.07, 6.45) is -0.114. The van der Waals surface area contributed by atoms with Crippen LogP contribution in [-0.4, -0.2) is 32.3 Å². The molecule has 1 aromatic carbocycles. The van der Waals surface area contributed by atoms with Gasteiger partial charge in [-0.2, -0.15) is 5.10 Å². The maximum absolute atomic E-state index is 13.6. The topological polar surface area (TPSA) is 80.0 Å². The number of carbonyl (C=O) groups is 1. The molecule has 0 saturated carbocycles. The average molecular weight is 346 g/mol. The molecule has 2 heterocycles. The lowest BCUT2D eigenvalue weighted by Crippen LogP contribution is -2.29. The van der Waals surface area contributed by atoms with Gasteiger partial charge in [-0.15, -0.1) is 0 Å². The Labute approximate surface area is 142 Å². The van der Waals surface area contributed by atoms with Gasteiger partial charge in [0.25, 0.3) is 5.91 Å². The first kappa shape index (κ1) is 17.0. The molecular weight excluding hydrogens is 330 g/mol. The molecule has 2 aromatic heterocycles. The lowest BCUT2D eigenvalue weighted by Gasteiger charge is -2.14. The zero-order valence-corrected chi connectivity index (χ0v) is 13.6. The number of nitrogens with one attached hydrogen (secondary N) is 1. The van der Waals surface area contributed by atoms with E-state index in [2.05, 4.69) is 15.4 Å². The van der Waals surface area contributed by atoms with Gasteiger partial charge in [0.2, 0.25) is 0 Å². The molecule has 0 aliphatic rings. The molecule has 0 spiro atoms. The molecule has 0 fully saturated rings. The number of rotatable bonds is 4. The van der Waals surface area contributed by atoms with E-state index in [0.29, 0.717) is 5.65 Å². The molecule has 6 nitrogen and oxygen atoms in total. The number of aliphatic hydroxyl groups excluding tert-OH is 1. The van der Waals surface area contributed by atoms with E-state index in [9.17, 15) is 18.7 Å². The lowest BCUT2D eigenvalue weighted by atomic mass is 10.1. The molecule has 25 heavy (non-hydrogen) atoms. The van der Waals surface area contributed by atoms with Crippen LogP contribution >= 0.6 is 0 Å². The van der Waals surface area contributed by atoms with E-state index < -0.39 is 29.2 Å². The molecule has 0 aliphatic heterocycles. The quantitative estimate of drug-likeness (QED) is 0.757. The third kappa shape index (κ3) is 3.20. The van der Waals surface area contributed by atoms with Gasteiger partial charge in [0.05, 0.1) is 16.8 Å². The summed E-state index contributed by atoms with van der Waals surface area (Å²) in [5.74, 6) is -2.24. The van der Waals surface area contributed by atoms with E-state index in [-0.39, 0.29) is 12.1 Å². The molecule has 3 rings (SSSR count). The number of fused-ring (bicyclic) bond motifs is 1. The summed E-state index contributed by atoms with van der Waals surface area (Å²) in [6.45, 7) is 1.47. The standard InChI is InChI=1S/C17H16F2N4O2/c1-9-11-6-10(7-20-16(11)23(2)22-9)17(25)21-8-14(24)15-12(18)4-3-5-13(15)19/h3-7,14,24H,8H2,1-2H3,(H,21,25). The monoisotopic (exact) mass is 346 g/mol. The number of pyridine rings is 1. The summed E-state index contributed by atoms with van der Waals surface area (Å²) in [4.78, 5) is 16.4. The zero-order valence-electron chi connectivity index (χ0n) is 13.6. The molecule has 0 radical (unpaired) electrons. The molecule has 0 aliphatic carbocycles. The zero-order chi connectivity index (χ0) is 18.1. The minimum atomic E-state index is -1.50. The second-order valence-corrected chi connectivity index (χ2v) is 5.67. The van der Waals surface area contributed by atoms with Crippen LogP contribution in [0.2, 0.25) is 0 Å². The largest absolute Gasteiger partial charge is 0.386 e. The summed E-state index contributed by atoms with van der Waals surface area (Å²) in [5, 5.41) is 17.4. The molecule has 0 saturated heterocycles. The fourth-order valence-corrected chi connectivity index (χ4v) is 2.65. The Morgan fingerprint density at radius 2 is 2.04 bits per heavy atom. The van der Waals surface area contributed by atoms with Crippen molar-refractivity contribution in [2.24, 2.45) is 7.05 Å². The van der Waals surface area contributed by atoms with Crippen LogP contribution < -0.4 is 5.32 Å². The Bertz CT molecular complexity index is 935. The average Bonchev–Trinajstić information content (AvgIpc) is 2.86. The fourth-order valence-electron chi connectivity index (χ4n) is 2.65. The van der Waals surface area contributed by atoms with E-state index in [4.69, 9.17) is 0 Å². The predicted molar refractivity (Wildman–Crippen MR) is 86.9 cm³/mol. The van der Waals surface area contributed by atoms with Crippen molar-refractivity contribution in [1.29, 1.82) is 0 Å². The minimum Gasteiger partial charge on any atom is -0.386 e. The number of hydrogen-bond donors (Lipinski definition) is 2. The van der Waals surface area contributed by atoms with E-state index in [0.717, 1.165) is 23.2 Å². The molecule has 3 aromatic rings. The predicted octanol–water partition coefficient (Wildman–Crippen LogP) is 2.02. The molecule has 2 N–H and O–H groups in total. The maximum Gasteiger partial charge on any atom is 0.252 e. The molecule has 1 atom stereocenters. The summed E-state index contributed by atoms with van der Waals surface area (Å²) >= 11 is 0. The Morgan fingerprint density at radius 3 is 2.72 bits per heavy atom. The van der Waals surface area contributed by atoms with Crippen molar-refractivity contribution in [3.8, 4) is 0 Å². The van der Waals surface area contributed by atoms with Gasteiger partial charge in [-0.1, -0.05) is 6.07 Å². The summed E-state index contributed by atoms with van der Waals surface area (Å²) in [6, 6.07) is 4.94. The van der Waals surface area contributed by atoms with Crippen molar-refractivity contribution in [2.45, 2.75) is 13.0 Å². The van der Waals surface area contributed by atoms with Crippen LogP contribution in [0.3, 0.4) is 0 Å². The normalized spacial score (nSPS) is 12.4. The smallest absolute Gasteiger partial charge is 0.252 e. The number of amides is 1. The van der Waals surface area contributed by atoms with Crippen molar-refractivity contribution in [3.63, 3.8) is 0 Å². The van der Waals surface area contributed by atoms with Gasteiger partial charge in [0.1, 0.15) is 17.7 Å². The van der Waals surface area contributed by atoms with Gasteiger partial charge in [0.15, 0.2) is 5.65 Å². The fraction of sp³-hybridized carbons (Fsp3) is 0.235. The van der Waals surface area contributed by atoms with E-state index >= 15 is 0 Å². The Hall–Kier alpha value is -2.87. The third-order valence-corrected chi connectivity index (χ3v) is 3.91. The highest BCUT2D eigenvalue weighted by atomic mass is 19.1. The number of aryl methyl sites for hydroxylation is 2. The number of carbonyl (C=O) groups excluding carboxylic acids is 1. The van der Waals surface area contributed by atoms with Crippen LogP contribution in [0.5, 0.6) is 0 Å². The highest BCUT2D eigenvalue weighted by Crippen LogP contribution is 2.20. The van der Waals surface area contributed by atoms with E-state index in [1.807, 2.05) is 0 Å². The van der Waals surface area contributed by atoms with Gasteiger partial charge in [-0.25, -0.2) is 13.8 Å². The van der Waals surface area contributed by atoms with Gasteiger partial charge >= 0.3 is 0 Å². The SMILES string of the molecule is Cc1nn(C)c2ncc(C(=O)NCC(O)c3c(F)cccc3F)cc12. The molecule has 1 unspecified atom stereocenters. The van der Waals surface area contributed by atoms with Crippen LogP contribution in [0.4, 0.5) is 8.78 Å². The first-order valence-electron chi connectivity index (χ1n) is 7.58. The number of nitrogens with zero attached hydrogens (tertiary/aromatic N) is 3. The lowest BCUT2D eigenvalue weighted by molar-refractivity contribution is 0.0911. The van der Waals surface area contributed by atoms with Crippen molar-refractivity contribution in [2.75, 3.05) is 6.54 Å². The van der Waals surface area contributed by atoms with Crippen molar-refractivity contribution in [3.05, 3.63) is 58.9 Å². The van der Waals surface area contributed by atoms with Crippen molar-refractivity contribution < 1.29 is 18.7 Å². The molecular formula is C17H16F2N4O2. The van der Waals surface area contributed by atoms with Crippen molar-refractivity contribution in [1.82, 2.24) is 20.1 Å². The molecule has 8 heteroatoms. The first-order valence-corrected chi connectivity index (χ1v) is 7.58. The van der Waals surface area contributed by atoms with Gasteiger partial charge in [0, 0.05) is 25.2 Å². The molecule has 0 bridgehead atoms. The Kier molecular flexibility index (Phi) is 4.45. The molecule has 1 amide bonds. The van der Waals surface area contributed by atoms with Crippen LogP contribution in [0.1, 0.15) is 27.7 Å². The number of benzene rings is 1. The van der Waals surface area contributed by atoms with Crippen LogP contribution in [0.15, 0.2) is 30.5 Å². The Balaban J connectivity index is 1.75. The van der Waals surface area contributed by atoms with E-state index in [1.54, 1.807) is 24.7 Å². The van der Waals surface area contributed by atoms with Gasteiger partial charge in [-0.3, -0.25) is 9.48 Å². The maximum atomic E-state index is 13.6. The number of aromatic nitrogens is 3.